The van der Waals surface area contributed by atoms with Gasteiger partial charge in [-0.2, -0.15) is 0 Å². The molecule has 0 atom stereocenters. The lowest BCUT2D eigenvalue weighted by molar-refractivity contribution is -0.142. The third kappa shape index (κ3) is 5.48. The molecule has 33 heavy (non-hydrogen) atoms. The number of H-pyrrole nitrogens is 1. The highest BCUT2D eigenvalue weighted by Crippen LogP contribution is 2.35. The summed E-state index contributed by atoms with van der Waals surface area (Å²) in [6.07, 6.45) is 0.124. The Hall–Kier alpha value is -3.48. The minimum absolute atomic E-state index is 0.124. The molecule has 1 amide bonds. The molecule has 4 rings (SSSR count). The maximum absolute atomic E-state index is 12.6. The van der Waals surface area contributed by atoms with E-state index in [1.807, 2.05) is 24.3 Å². The smallest absolute Gasteiger partial charge is 0.310 e. The molecule has 8 heteroatoms. The van der Waals surface area contributed by atoms with Crippen LogP contribution < -0.4 is 10.1 Å². The third-order valence-electron chi connectivity index (χ3n) is 4.83. The Morgan fingerprint density at radius 3 is 2.36 bits per heavy atom. The van der Waals surface area contributed by atoms with Crippen molar-refractivity contribution in [1.82, 2.24) is 4.98 Å². The van der Waals surface area contributed by atoms with Crippen LogP contribution in [-0.2, 0) is 16.0 Å². The van der Waals surface area contributed by atoms with E-state index in [4.69, 9.17) is 32.7 Å². The molecule has 1 heterocycles. The van der Waals surface area contributed by atoms with E-state index < -0.39 is 0 Å². The zero-order valence-electron chi connectivity index (χ0n) is 17.7. The fraction of sp³-hybridized carbons (Fsp3) is 0.120. The van der Waals surface area contributed by atoms with E-state index in [1.54, 1.807) is 49.4 Å². The SMILES string of the molecule is CCOC(=O)Cc1ccc(Oc2ccc(NC(=O)c3cc4ccccc4[nH]3)cc2Cl)c(Cl)c1. The van der Waals surface area contributed by atoms with Gasteiger partial charge in [0.15, 0.2) is 0 Å². The van der Waals surface area contributed by atoms with Crippen LogP contribution in [0.15, 0.2) is 66.7 Å². The minimum atomic E-state index is -0.324. The average molecular weight is 483 g/mol. The molecule has 1 aromatic heterocycles. The summed E-state index contributed by atoms with van der Waals surface area (Å²) in [6.45, 7) is 2.08. The van der Waals surface area contributed by atoms with Gasteiger partial charge in [-0.15, -0.1) is 0 Å². The largest absolute Gasteiger partial charge is 0.466 e. The number of ether oxygens (including phenoxy) is 2. The zero-order valence-corrected chi connectivity index (χ0v) is 19.2. The number of carbonyl (C=O) groups excluding carboxylic acids is 2. The van der Waals surface area contributed by atoms with Crippen LogP contribution in [0.4, 0.5) is 5.69 Å². The van der Waals surface area contributed by atoms with Gasteiger partial charge in [-0.1, -0.05) is 47.5 Å². The van der Waals surface area contributed by atoms with Crippen LogP contribution in [-0.4, -0.2) is 23.5 Å². The van der Waals surface area contributed by atoms with Crippen molar-refractivity contribution in [1.29, 1.82) is 0 Å². The molecule has 0 spiro atoms. The van der Waals surface area contributed by atoms with Crippen molar-refractivity contribution >= 4 is 51.7 Å². The Morgan fingerprint density at radius 2 is 1.67 bits per heavy atom. The molecular formula is C25H20Cl2N2O4. The Morgan fingerprint density at radius 1 is 0.939 bits per heavy atom. The number of rotatable bonds is 7. The summed E-state index contributed by atoms with van der Waals surface area (Å²) < 4.78 is 10.8. The molecule has 0 aliphatic carbocycles. The summed E-state index contributed by atoms with van der Waals surface area (Å²) in [5.41, 5.74) is 2.57. The molecule has 0 fully saturated rings. The van der Waals surface area contributed by atoms with Crippen molar-refractivity contribution in [3.05, 3.63) is 88.0 Å². The number of esters is 1. The van der Waals surface area contributed by atoms with Crippen molar-refractivity contribution in [2.24, 2.45) is 0 Å². The summed E-state index contributed by atoms with van der Waals surface area (Å²) in [6, 6.07) is 19.4. The number of hydrogen-bond donors (Lipinski definition) is 2. The summed E-state index contributed by atoms with van der Waals surface area (Å²) in [7, 11) is 0. The predicted molar refractivity (Wildman–Crippen MR) is 130 cm³/mol. The maximum Gasteiger partial charge on any atom is 0.310 e. The number of anilines is 1. The van der Waals surface area contributed by atoms with Crippen molar-refractivity contribution in [2.45, 2.75) is 13.3 Å². The summed E-state index contributed by atoms with van der Waals surface area (Å²) in [5.74, 6) is 0.160. The van der Waals surface area contributed by atoms with Gasteiger partial charge in [0.1, 0.15) is 17.2 Å². The molecule has 0 aliphatic heterocycles. The highest BCUT2D eigenvalue weighted by atomic mass is 35.5. The first-order valence-corrected chi connectivity index (χ1v) is 11.0. The van der Waals surface area contributed by atoms with E-state index in [0.717, 1.165) is 10.9 Å². The lowest BCUT2D eigenvalue weighted by Gasteiger charge is -2.12. The second-order valence-electron chi connectivity index (χ2n) is 7.22. The molecule has 0 aliphatic rings. The number of hydrogen-bond acceptors (Lipinski definition) is 4. The van der Waals surface area contributed by atoms with Gasteiger partial charge in [0.2, 0.25) is 0 Å². The van der Waals surface area contributed by atoms with Crippen LogP contribution >= 0.6 is 23.2 Å². The monoisotopic (exact) mass is 482 g/mol. The van der Waals surface area contributed by atoms with Crippen molar-refractivity contribution in [3.8, 4) is 11.5 Å². The number of aromatic amines is 1. The summed E-state index contributed by atoms with van der Waals surface area (Å²) >= 11 is 12.7. The zero-order chi connectivity index (χ0) is 23.4. The van der Waals surface area contributed by atoms with E-state index in [0.29, 0.717) is 45.1 Å². The highest BCUT2D eigenvalue weighted by molar-refractivity contribution is 6.33. The molecule has 0 unspecified atom stereocenters. The predicted octanol–water partition coefficient (Wildman–Crippen LogP) is 6.62. The molecule has 0 bridgehead atoms. The molecule has 3 aromatic carbocycles. The lowest BCUT2D eigenvalue weighted by Crippen LogP contribution is -2.12. The molecule has 168 valence electrons. The highest BCUT2D eigenvalue weighted by Gasteiger charge is 2.13. The van der Waals surface area contributed by atoms with E-state index in [-0.39, 0.29) is 18.3 Å². The summed E-state index contributed by atoms with van der Waals surface area (Å²) in [5, 5.41) is 4.41. The van der Waals surface area contributed by atoms with Gasteiger partial charge in [-0.05, 0) is 55.0 Å². The van der Waals surface area contributed by atoms with E-state index in [2.05, 4.69) is 10.3 Å². The molecule has 6 nitrogen and oxygen atoms in total. The van der Waals surface area contributed by atoms with Gasteiger partial charge in [0.25, 0.3) is 5.91 Å². The second-order valence-corrected chi connectivity index (χ2v) is 8.03. The Bertz CT molecular complexity index is 1300. The van der Waals surface area contributed by atoms with Crippen molar-refractivity contribution in [3.63, 3.8) is 0 Å². The first-order chi connectivity index (χ1) is 15.9. The number of para-hydroxylation sites is 1. The molecule has 0 saturated heterocycles. The average Bonchev–Trinajstić information content (AvgIpc) is 3.22. The maximum atomic E-state index is 12.6. The fourth-order valence-electron chi connectivity index (χ4n) is 3.29. The van der Waals surface area contributed by atoms with Gasteiger partial charge in [0.05, 0.1) is 23.1 Å². The Balaban J connectivity index is 1.44. The van der Waals surface area contributed by atoms with Crippen molar-refractivity contribution in [2.75, 3.05) is 11.9 Å². The number of halogens is 2. The van der Waals surface area contributed by atoms with Gasteiger partial charge >= 0.3 is 5.97 Å². The number of nitrogens with one attached hydrogen (secondary N) is 2. The number of amides is 1. The molecule has 4 aromatic rings. The molecule has 0 saturated carbocycles. The van der Waals surface area contributed by atoms with Gasteiger partial charge in [-0.25, -0.2) is 0 Å². The topological polar surface area (TPSA) is 80.4 Å². The second kappa shape index (κ2) is 9.98. The van der Waals surface area contributed by atoms with Gasteiger partial charge in [0, 0.05) is 16.6 Å². The number of fused-ring (bicyclic) bond motifs is 1. The summed E-state index contributed by atoms with van der Waals surface area (Å²) in [4.78, 5) is 27.3. The van der Waals surface area contributed by atoms with Gasteiger partial charge < -0.3 is 19.8 Å². The first kappa shape index (κ1) is 22.7. The van der Waals surface area contributed by atoms with Crippen LogP contribution in [0.2, 0.25) is 10.0 Å². The molecule has 0 radical (unpaired) electrons. The third-order valence-corrected chi connectivity index (χ3v) is 5.43. The van der Waals surface area contributed by atoms with Crippen LogP contribution in [0.5, 0.6) is 11.5 Å². The standard InChI is InChI=1S/C25H20Cl2N2O4/c1-2-32-24(30)12-15-7-9-22(18(26)11-15)33-23-10-8-17(14-19(23)27)28-25(31)21-13-16-5-3-4-6-20(16)29-21/h3-11,13-14,29H,2,12H2,1H3,(H,28,31). The van der Waals surface area contributed by atoms with Crippen molar-refractivity contribution < 1.29 is 19.1 Å². The van der Waals surface area contributed by atoms with E-state index >= 15 is 0 Å². The van der Waals surface area contributed by atoms with Crippen LogP contribution in [0.25, 0.3) is 10.9 Å². The normalized spacial score (nSPS) is 10.8. The quantitative estimate of drug-likeness (QED) is 0.290. The van der Waals surface area contributed by atoms with E-state index in [9.17, 15) is 9.59 Å². The number of benzene rings is 3. The molecular weight excluding hydrogens is 463 g/mol. The van der Waals surface area contributed by atoms with Gasteiger partial charge in [-0.3, -0.25) is 9.59 Å². The first-order valence-electron chi connectivity index (χ1n) is 10.2. The Kier molecular flexibility index (Phi) is 6.87. The number of aromatic nitrogens is 1. The fourth-order valence-corrected chi connectivity index (χ4v) is 3.75. The van der Waals surface area contributed by atoms with E-state index in [1.165, 1.54) is 0 Å². The Labute approximate surface area is 200 Å². The minimum Gasteiger partial charge on any atom is -0.466 e. The lowest BCUT2D eigenvalue weighted by atomic mass is 10.1. The molecule has 2 N–H and O–H groups in total. The number of carbonyl (C=O) groups is 2. The van der Waals surface area contributed by atoms with Crippen LogP contribution in [0.1, 0.15) is 23.0 Å². The van der Waals surface area contributed by atoms with Crippen LogP contribution in [0.3, 0.4) is 0 Å². The van der Waals surface area contributed by atoms with Crippen LogP contribution in [0, 0.1) is 0 Å².